The van der Waals surface area contributed by atoms with E-state index >= 15 is 0 Å². The molecule has 0 saturated heterocycles. The van der Waals surface area contributed by atoms with Gasteiger partial charge in [-0.05, 0) is 20.3 Å². The summed E-state index contributed by atoms with van der Waals surface area (Å²) >= 11 is 0. The monoisotopic (exact) mass is 290 g/mol. The Hall–Kier alpha value is -1.76. The van der Waals surface area contributed by atoms with Crippen molar-refractivity contribution in [2.24, 2.45) is 0 Å². The number of hydrogen-bond acceptors (Lipinski definition) is 6. The minimum Gasteiger partial charge on any atom is -0.338 e. The molecule has 0 saturated carbocycles. The van der Waals surface area contributed by atoms with Crippen LogP contribution in [0.3, 0.4) is 0 Å². The third kappa shape index (κ3) is 2.83. The van der Waals surface area contributed by atoms with E-state index in [0.717, 1.165) is 36.9 Å². The van der Waals surface area contributed by atoms with Gasteiger partial charge in [-0.15, -0.1) is 10.2 Å². The molecule has 2 aromatic rings. The molecule has 0 aromatic carbocycles. The Balaban J connectivity index is 1.65. The predicted octanol–water partition coefficient (Wildman–Crippen LogP) is 1.76. The summed E-state index contributed by atoms with van der Waals surface area (Å²) in [5.41, 5.74) is 0. The molecule has 0 fully saturated rings. The number of nitrogens with zero attached hydrogens (tertiary/aromatic N) is 5. The first-order chi connectivity index (χ1) is 10.0. The summed E-state index contributed by atoms with van der Waals surface area (Å²) in [7, 11) is 0. The quantitative estimate of drug-likeness (QED) is 0.924. The van der Waals surface area contributed by atoms with Crippen LogP contribution >= 0.6 is 0 Å². The second kappa shape index (κ2) is 5.55. The smallest absolute Gasteiger partial charge is 0.243 e. The molecule has 0 aliphatic carbocycles. The van der Waals surface area contributed by atoms with Crippen LogP contribution in [0.4, 0.5) is 0 Å². The normalized spacial score (nSPS) is 19.8. The Morgan fingerprint density at radius 2 is 2.10 bits per heavy atom. The fourth-order valence-electron chi connectivity index (χ4n) is 2.68. The minimum absolute atomic E-state index is 0.0494. The number of hydrogen-bond donors (Lipinski definition) is 1. The standard InChI is InChI=1S/C14H22N6O/c1-8(2)13-16-14(21-19-13)9(3)15-11-5-6-12-18-17-10(4)20(12)7-11/h8-9,11,15H,5-7H2,1-4H3/t9-,11-/m0/s1. The van der Waals surface area contributed by atoms with Crippen LogP contribution in [0.1, 0.15) is 62.5 Å². The maximum Gasteiger partial charge on any atom is 0.243 e. The summed E-state index contributed by atoms with van der Waals surface area (Å²) in [4.78, 5) is 4.46. The molecular weight excluding hydrogens is 268 g/mol. The maximum atomic E-state index is 5.35. The second-order valence-corrected chi connectivity index (χ2v) is 6.04. The highest BCUT2D eigenvalue weighted by Gasteiger charge is 2.24. The number of aryl methyl sites for hydroxylation is 2. The Morgan fingerprint density at radius 1 is 1.29 bits per heavy atom. The fraction of sp³-hybridized carbons (Fsp3) is 0.714. The van der Waals surface area contributed by atoms with E-state index in [1.54, 1.807) is 0 Å². The number of rotatable bonds is 4. The van der Waals surface area contributed by atoms with E-state index in [4.69, 9.17) is 4.52 Å². The Bertz CT molecular complexity index is 617. The molecule has 21 heavy (non-hydrogen) atoms. The number of aromatic nitrogens is 5. The van der Waals surface area contributed by atoms with Gasteiger partial charge in [-0.2, -0.15) is 4.98 Å². The zero-order valence-electron chi connectivity index (χ0n) is 13.0. The van der Waals surface area contributed by atoms with Crippen LogP contribution in [0.2, 0.25) is 0 Å². The van der Waals surface area contributed by atoms with E-state index in [2.05, 4.69) is 51.0 Å². The van der Waals surface area contributed by atoms with E-state index in [9.17, 15) is 0 Å². The van der Waals surface area contributed by atoms with Crippen LogP contribution in [0, 0.1) is 6.92 Å². The van der Waals surface area contributed by atoms with E-state index in [1.807, 2.05) is 6.92 Å². The van der Waals surface area contributed by atoms with Crippen LogP contribution in [0.5, 0.6) is 0 Å². The first kappa shape index (κ1) is 14.2. The molecular formula is C14H22N6O. The molecule has 0 spiro atoms. The molecule has 3 rings (SSSR count). The highest BCUT2D eigenvalue weighted by Crippen LogP contribution is 2.19. The topological polar surface area (TPSA) is 81.7 Å². The lowest BCUT2D eigenvalue weighted by atomic mass is 10.1. The van der Waals surface area contributed by atoms with Crippen LogP contribution in [0.15, 0.2) is 4.52 Å². The molecule has 7 heteroatoms. The zero-order valence-corrected chi connectivity index (χ0v) is 13.0. The lowest BCUT2D eigenvalue weighted by Crippen LogP contribution is -2.39. The summed E-state index contributed by atoms with van der Waals surface area (Å²) < 4.78 is 7.53. The van der Waals surface area contributed by atoms with Crippen molar-refractivity contribution in [3.8, 4) is 0 Å². The number of fused-ring (bicyclic) bond motifs is 1. The Morgan fingerprint density at radius 3 is 2.81 bits per heavy atom. The van der Waals surface area contributed by atoms with Gasteiger partial charge >= 0.3 is 0 Å². The lowest BCUT2D eigenvalue weighted by molar-refractivity contribution is 0.292. The van der Waals surface area contributed by atoms with Crippen molar-refractivity contribution >= 4 is 0 Å². The summed E-state index contributed by atoms with van der Waals surface area (Å²) in [5, 5.41) is 15.9. The Labute approximate surface area is 124 Å². The molecule has 114 valence electrons. The SMILES string of the molecule is Cc1nnc2n1C[C@@H](N[C@@H](C)c1nc(C(C)C)no1)CC2. The first-order valence-corrected chi connectivity index (χ1v) is 7.52. The first-order valence-electron chi connectivity index (χ1n) is 7.52. The van der Waals surface area contributed by atoms with Crippen LogP contribution in [-0.2, 0) is 13.0 Å². The molecule has 3 heterocycles. The highest BCUT2D eigenvalue weighted by atomic mass is 16.5. The molecule has 2 aromatic heterocycles. The van der Waals surface area contributed by atoms with Gasteiger partial charge in [0.1, 0.15) is 11.6 Å². The van der Waals surface area contributed by atoms with Crippen molar-refractivity contribution in [2.75, 3.05) is 0 Å². The third-order valence-corrected chi connectivity index (χ3v) is 3.96. The molecule has 0 amide bonds. The minimum atomic E-state index is 0.0494. The molecule has 1 N–H and O–H groups in total. The van der Waals surface area contributed by atoms with Gasteiger partial charge in [-0.3, -0.25) is 0 Å². The van der Waals surface area contributed by atoms with Gasteiger partial charge in [0.15, 0.2) is 5.82 Å². The Kier molecular flexibility index (Phi) is 3.75. The van der Waals surface area contributed by atoms with Crippen molar-refractivity contribution in [1.82, 2.24) is 30.2 Å². The maximum absolute atomic E-state index is 5.35. The van der Waals surface area contributed by atoms with Gasteiger partial charge in [0, 0.05) is 24.9 Å². The summed E-state index contributed by atoms with van der Waals surface area (Å²) in [6, 6.07) is 0.421. The van der Waals surface area contributed by atoms with Gasteiger partial charge in [0.05, 0.1) is 6.04 Å². The van der Waals surface area contributed by atoms with E-state index < -0.39 is 0 Å². The number of nitrogens with one attached hydrogen (secondary N) is 1. The van der Waals surface area contributed by atoms with E-state index in [0.29, 0.717) is 11.9 Å². The average molecular weight is 290 g/mol. The summed E-state index contributed by atoms with van der Waals surface area (Å²) in [6.07, 6.45) is 2.00. The van der Waals surface area contributed by atoms with E-state index in [1.165, 1.54) is 0 Å². The highest BCUT2D eigenvalue weighted by molar-refractivity contribution is 5.01. The van der Waals surface area contributed by atoms with Crippen LogP contribution in [0.25, 0.3) is 0 Å². The lowest BCUT2D eigenvalue weighted by Gasteiger charge is -2.26. The fourth-order valence-corrected chi connectivity index (χ4v) is 2.68. The summed E-state index contributed by atoms with van der Waals surface area (Å²) in [6.45, 7) is 9.07. The van der Waals surface area contributed by atoms with Crippen molar-refractivity contribution in [1.29, 1.82) is 0 Å². The van der Waals surface area contributed by atoms with Gasteiger partial charge in [0.2, 0.25) is 5.89 Å². The van der Waals surface area contributed by atoms with Gasteiger partial charge in [-0.1, -0.05) is 19.0 Å². The molecule has 0 radical (unpaired) electrons. The zero-order chi connectivity index (χ0) is 15.0. The molecule has 0 unspecified atom stereocenters. The molecule has 0 bridgehead atoms. The molecule has 2 atom stereocenters. The van der Waals surface area contributed by atoms with Crippen LogP contribution < -0.4 is 5.32 Å². The van der Waals surface area contributed by atoms with Crippen molar-refractivity contribution < 1.29 is 4.52 Å². The predicted molar refractivity (Wildman–Crippen MR) is 76.8 cm³/mol. The second-order valence-electron chi connectivity index (χ2n) is 6.04. The van der Waals surface area contributed by atoms with Gasteiger partial charge in [0.25, 0.3) is 0 Å². The van der Waals surface area contributed by atoms with Crippen molar-refractivity contribution in [3.05, 3.63) is 23.4 Å². The summed E-state index contributed by atoms with van der Waals surface area (Å²) in [5.74, 6) is 3.76. The average Bonchev–Trinajstić information content (AvgIpc) is 3.07. The van der Waals surface area contributed by atoms with Gasteiger partial charge in [-0.25, -0.2) is 0 Å². The third-order valence-electron chi connectivity index (χ3n) is 3.96. The van der Waals surface area contributed by atoms with Crippen molar-refractivity contribution in [2.45, 2.75) is 65.1 Å². The van der Waals surface area contributed by atoms with Crippen molar-refractivity contribution in [3.63, 3.8) is 0 Å². The largest absolute Gasteiger partial charge is 0.338 e. The molecule has 1 aliphatic rings. The van der Waals surface area contributed by atoms with Gasteiger partial charge < -0.3 is 14.4 Å². The molecule has 1 aliphatic heterocycles. The van der Waals surface area contributed by atoms with E-state index in [-0.39, 0.29) is 12.0 Å². The molecule has 7 nitrogen and oxygen atoms in total. The van der Waals surface area contributed by atoms with Crippen LogP contribution in [-0.4, -0.2) is 30.9 Å².